The lowest BCUT2D eigenvalue weighted by atomic mass is 10.4. The van der Waals surface area contributed by atoms with Crippen molar-refractivity contribution >= 4 is 39.7 Å². The van der Waals surface area contributed by atoms with Crippen LogP contribution in [-0.2, 0) is 0 Å². The second-order valence-corrected chi connectivity index (χ2v) is 6.18. The van der Waals surface area contributed by atoms with Crippen molar-refractivity contribution in [3.05, 3.63) is 71.0 Å². The molecule has 3 rings (SSSR count). The van der Waals surface area contributed by atoms with E-state index in [1.807, 2.05) is 54.6 Å². The maximum absolute atomic E-state index is 5.76. The van der Waals surface area contributed by atoms with Crippen LogP contribution in [0.1, 0.15) is 5.76 Å². The van der Waals surface area contributed by atoms with Crippen LogP contribution < -0.4 is 5.43 Å². The van der Waals surface area contributed by atoms with Crippen LogP contribution in [0.3, 0.4) is 0 Å². The topological polar surface area (TPSA) is 50.4 Å². The molecule has 0 saturated heterocycles. The first-order valence-corrected chi connectivity index (χ1v) is 8.14. The van der Waals surface area contributed by atoms with Crippen LogP contribution in [-0.4, -0.2) is 11.2 Å². The van der Waals surface area contributed by atoms with Crippen LogP contribution in [0.5, 0.6) is 0 Å². The molecule has 0 bridgehead atoms. The molecule has 1 aromatic carbocycles. The molecule has 2 aromatic heterocycles. The molecule has 0 fully saturated rings. The summed E-state index contributed by atoms with van der Waals surface area (Å²) >= 11 is 5.06. The van der Waals surface area contributed by atoms with Gasteiger partial charge in [0.25, 0.3) is 0 Å². The SMILES string of the molecule is Brc1cc(/C=N/Nc2ccccn2)oc1Sc1ccccc1. The molecule has 0 aliphatic rings. The van der Waals surface area contributed by atoms with Crippen molar-refractivity contribution in [2.24, 2.45) is 5.10 Å². The molecule has 0 radical (unpaired) electrons. The van der Waals surface area contributed by atoms with Crippen molar-refractivity contribution in [1.29, 1.82) is 0 Å². The lowest BCUT2D eigenvalue weighted by Gasteiger charge is -1.97. The number of furan rings is 1. The fourth-order valence-corrected chi connectivity index (χ4v) is 3.04. The highest BCUT2D eigenvalue weighted by molar-refractivity contribution is 9.10. The van der Waals surface area contributed by atoms with Gasteiger partial charge < -0.3 is 4.42 Å². The number of halogens is 1. The summed E-state index contributed by atoms with van der Waals surface area (Å²) in [6.07, 6.45) is 3.32. The van der Waals surface area contributed by atoms with Crippen molar-refractivity contribution in [2.75, 3.05) is 5.43 Å². The van der Waals surface area contributed by atoms with E-state index < -0.39 is 0 Å². The summed E-state index contributed by atoms with van der Waals surface area (Å²) in [5.74, 6) is 1.34. The molecular weight excluding hydrogens is 362 g/mol. The van der Waals surface area contributed by atoms with Crippen LogP contribution in [0.2, 0.25) is 0 Å². The molecule has 2 heterocycles. The van der Waals surface area contributed by atoms with Gasteiger partial charge in [0.2, 0.25) is 0 Å². The summed E-state index contributed by atoms with van der Waals surface area (Å²) in [6.45, 7) is 0. The second-order valence-electron chi connectivity index (χ2n) is 4.28. The average Bonchev–Trinajstić information content (AvgIpc) is 2.89. The Morgan fingerprint density at radius 3 is 2.73 bits per heavy atom. The Morgan fingerprint density at radius 1 is 1.14 bits per heavy atom. The van der Waals surface area contributed by atoms with Gasteiger partial charge >= 0.3 is 0 Å². The quantitative estimate of drug-likeness (QED) is 0.503. The molecule has 0 atom stereocenters. The highest BCUT2D eigenvalue weighted by atomic mass is 79.9. The van der Waals surface area contributed by atoms with E-state index in [-0.39, 0.29) is 0 Å². The summed E-state index contributed by atoms with van der Waals surface area (Å²) in [5.41, 5.74) is 2.85. The molecule has 0 saturated carbocycles. The van der Waals surface area contributed by atoms with E-state index in [9.17, 15) is 0 Å². The molecule has 22 heavy (non-hydrogen) atoms. The molecule has 0 unspecified atom stereocenters. The number of anilines is 1. The highest BCUT2D eigenvalue weighted by Gasteiger charge is 2.09. The van der Waals surface area contributed by atoms with Crippen LogP contribution in [0.25, 0.3) is 0 Å². The van der Waals surface area contributed by atoms with E-state index in [0.717, 1.165) is 14.5 Å². The minimum Gasteiger partial charge on any atom is -0.447 e. The summed E-state index contributed by atoms with van der Waals surface area (Å²) in [5, 5.41) is 4.91. The first kappa shape index (κ1) is 14.9. The normalized spacial score (nSPS) is 11.0. The van der Waals surface area contributed by atoms with Gasteiger partial charge in [0.15, 0.2) is 5.09 Å². The molecule has 4 nitrogen and oxygen atoms in total. The summed E-state index contributed by atoms with van der Waals surface area (Å²) in [6, 6.07) is 17.5. The van der Waals surface area contributed by atoms with Gasteiger partial charge in [-0.25, -0.2) is 4.98 Å². The third-order valence-electron chi connectivity index (χ3n) is 2.66. The number of hydrogen-bond donors (Lipinski definition) is 1. The molecule has 0 amide bonds. The highest BCUT2D eigenvalue weighted by Crippen LogP contribution is 2.35. The molecule has 0 aliphatic carbocycles. The third-order valence-corrected chi connectivity index (χ3v) is 4.51. The molecule has 0 aliphatic heterocycles. The predicted molar refractivity (Wildman–Crippen MR) is 92.4 cm³/mol. The van der Waals surface area contributed by atoms with E-state index in [0.29, 0.717) is 11.6 Å². The van der Waals surface area contributed by atoms with E-state index in [1.54, 1.807) is 24.2 Å². The van der Waals surface area contributed by atoms with Crippen molar-refractivity contribution in [1.82, 2.24) is 4.98 Å². The smallest absolute Gasteiger partial charge is 0.180 e. The third kappa shape index (κ3) is 3.99. The number of rotatable bonds is 5. The van der Waals surface area contributed by atoms with E-state index >= 15 is 0 Å². The van der Waals surface area contributed by atoms with Gasteiger partial charge in [-0.1, -0.05) is 36.0 Å². The van der Waals surface area contributed by atoms with Crippen LogP contribution in [0.15, 0.2) is 84.8 Å². The number of benzene rings is 1. The zero-order valence-corrected chi connectivity index (χ0v) is 13.8. The summed E-state index contributed by atoms with van der Waals surface area (Å²) in [7, 11) is 0. The lowest BCUT2D eigenvalue weighted by Crippen LogP contribution is -1.91. The van der Waals surface area contributed by atoms with E-state index in [1.165, 1.54) is 0 Å². The van der Waals surface area contributed by atoms with Crippen molar-refractivity contribution in [3.63, 3.8) is 0 Å². The number of nitrogens with zero attached hydrogens (tertiary/aromatic N) is 2. The molecule has 3 aromatic rings. The zero-order valence-electron chi connectivity index (χ0n) is 11.4. The minimum atomic E-state index is 0.661. The van der Waals surface area contributed by atoms with Gasteiger partial charge in [-0.15, -0.1) is 0 Å². The Hall–Kier alpha value is -2.05. The Balaban J connectivity index is 1.67. The lowest BCUT2D eigenvalue weighted by molar-refractivity contribution is 0.466. The average molecular weight is 374 g/mol. The number of nitrogens with one attached hydrogen (secondary N) is 1. The number of aromatic nitrogens is 1. The monoisotopic (exact) mass is 373 g/mol. The molecule has 1 N–H and O–H groups in total. The number of pyridine rings is 1. The van der Waals surface area contributed by atoms with Gasteiger partial charge in [-0.3, -0.25) is 5.43 Å². The first-order chi connectivity index (χ1) is 10.8. The first-order valence-electron chi connectivity index (χ1n) is 6.53. The van der Waals surface area contributed by atoms with Gasteiger partial charge in [0.1, 0.15) is 11.6 Å². The second kappa shape index (κ2) is 7.29. The van der Waals surface area contributed by atoms with Crippen LogP contribution >= 0.6 is 27.7 Å². The van der Waals surface area contributed by atoms with Crippen LogP contribution in [0, 0.1) is 0 Å². The summed E-state index contributed by atoms with van der Waals surface area (Å²) < 4.78 is 6.67. The molecule has 0 spiro atoms. The van der Waals surface area contributed by atoms with Gasteiger partial charge in [0.05, 0.1) is 10.7 Å². The van der Waals surface area contributed by atoms with Crippen molar-refractivity contribution < 1.29 is 4.42 Å². The van der Waals surface area contributed by atoms with Crippen LogP contribution in [0.4, 0.5) is 5.82 Å². The number of hydrogen-bond acceptors (Lipinski definition) is 5. The number of hydrazone groups is 1. The van der Waals surface area contributed by atoms with Crippen molar-refractivity contribution in [3.8, 4) is 0 Å². The predicted octanol–water partition coefficient (Wildman–Crippen LogP) is 5.03. The van der Waals surface area contributed by atoms with Crippen molar-refractivity contribution in [2.45, 2.75) is 9.99 Å². The minimum absolute atomic E-state index is 0.661. The maximum Gasteiger partial charge on any atom is 0.180 e. The van der Waals surface area contributed by atoms with E-state index in [2.05, 4.69) is 31.4 Å². The molecule has 110 valence electrons. The fraction of sp³-hybridized carbons (Fsp3) is 0. The maximum atomic E-state index is 5.76. The molecule has 6 heteroatoms. The van der Waals surface area contributed by atoms with Gasteiger partial charge in [-0.05, 0) is 40.2 Å². The molecular formula is C16H12BrN3OS. The summed E-state index contributed by atoms with van der Waals surface area (Å²) in [4.78, 5) is 5.24. The Labute approximate surface area is 140 Å². The fourth-order valence-electron chi connectivity index (χ4n) is 1.69. The Kier molecular flexibility index (Phi) is 4.92. The van der Waals surface area contributed by atoms with Gasteiger partial charge in [0, 0.05) is 17.2 Å². The Bertz CT molecular complexity index is 760. The van der Waals surface area contributed by atoms with Gasteiger partial charge in [-0.2, -0.15) is 5.10 Å². The zero-order chi connectivity index (χ0) is 15.2. The standard InChI is InChI=1S/C16H12BrN3OS/c17-14-10-12(11-19-20-15-8-4-5-9-18-15)21-16(14)22-13-6-2-1-3-7-13/h1-11H,(H,18,20)/b19-11+. The van der Waals surface area contributed by atoms with E-state index in [4.69, 9.17) is 4.42 Å². The Morgan fingerprint density at radius 2 is 1.95 bits per heavy atom. The largest absolute Gasteiger partial charge is 0.447 e.